The van der Waals surface area contributed by atoms with E-state index in [2.05, 4.69) is 17.6 Å². The van der Waals surface area contributed by atoms with Crippen LogP contribution in [0, 0.1) is 11.3 Å². The number of aromatic nitrogens is 1. The summed E-state index contributed by atoms with van der Waals surface area (Å²) >= 11 is 12.8. The minimum atomic E-state index is -3.69. The molecule has 0 bridgehead atoms. The lowest BCUT2D eigenvalue weighted by Gasteiger charge is -2.52. The number of nitrogens with zero attached hydrogens (tertiary/aromatic N) is 3. The van der Waals surface area contributed by atoms with Crippen LogP contribution in [0.4, 0.5) is 5.82 Å². The van der Waals surface area contributed by atoms with Crippen LogP contribution in [0.5, 0.6) is 0 Å². The predicted octanol–water partition coefficient (Wildman–Crippen LogP) is 7.27. The lowest BCUT2D eigenvalue weighted by atomic mass is 9.67. The summed E-state index contributed by atoms with van der Waals surface area (Å²) in [6.07, 6.45) is 7.50. The van der Waals surface area contributed by atoms with Crippen LogP contribution in [0.15, 0.2) is 85.6 Å². The van der Waals surface area contributed by atoms with Gasteiger partial charge in [-0.05, 0) is 79.1 Å². The molecule has 3 unspecified atom stereocenters. The molecule has 1 aliphatic heterocycles. The summed E-state index contributed by atoms with van der Waals surface area (Å²) in [6.45, 7) is 6.08. The molecule has 1 saturated heterocycles. The minimum Gasteiger partial charge on any atom is -0.329 e. The second kappa shape index (κ2) is 11.8. The Kier molecular flexibility index (Phi) is 8.51. The first-order chi connectivity index (χ1) is 19.5. The van der Waals surface area contributed by atoms with Crippen molar-refractivity contribution in [2.75, 3.05) is 17.1 Å². The Morgan fingerprint density at radius 1 is 1.07 bits per heavy atom. The highest BCUT2D eigenvalue weighted by atomic mass is 35.5. The number of likely N-dealkylation sites (tertiary alicyclic amines) is 1. The number of anilines is 1. The third kappa shape index (κ3) is 6.32. The molecule has 0 N–H and O–H groups in total. The number of sulfonamides is 1. The molecule has 2 heterocycles. The molecule has 1 aromatic heterocycles. The largest absolute Gasteiger partial charge is 0.329 e. The number of rotatable bonds is 10. The molecule has 6 nitrogen and oxygen atoms in total. The quantitative estimate of drug-likeness (QED) is 0.226. The van der Waals surface area contributed by atoms with Crippen molar-refractivity contribution in [2.24, 2.45) is 11.3 Å². The van der Waals surface area contributed by atoms with Gasteiger partial charge in [-0.1, -0.05) is 66.5 Å². The highest BCUT2D eigenvalue weighted by Crippen LogP contribution is 2.54. The van der Waals surface area contributed by atoms with Gasteiger partial charge in [0, 0.05) is 22.2 Å². The molecule has 0 spiro atoms. The van der Waals surface area contributed by atoms with Crippen molar-refractivity contribution in [3.8, 4) is 0 Å². The number of benzene rings is 2. The summed E-state index contributed by atoms with van der Waals surface area (Å²) in [5, 5.41) is 1.23. The van der Waals surface area contributed by atoms with Gasteiger partial charge >= 0.3 is 0 Å². The SMILES string of the molecule is C=CC[C@@]1(C)CC(c2cccc(Cl)c2)C(c2ccc(Cl)cc2)N(C(CN(c2ccccn2)S(C)(=O)=O)C2CC2)C1=O. The number of pyridine rings is 1. The summed E-state index contributed by atoms with van der Waals surface area (Å²) in [4.78, 5) is 21.1. The fourth-order valence-electron chi connectivity index (χ4n) is 6.27. The van der Waals surface area contributed by atoms with Crippen LogP contribution >= 0.6 is 23.2 Å². The summed E-state index contributed by atoms with van der Waals surface area (Å²) in [5.74, 6) is 0.406. The molecule has 5 rings (SSSR count). The molecule has 216 valence electrons. The highest BCUT2D eigenvalue weighted by molar-refractivity contribution is 7.92. The first kappa shape index (κ1) is 29.6. The molecule has 1 amide bonds. The average molecular weight is 613 g/mol. The molecule has 3 aromatic rings. The van der Waals surface area contributed by atoms with Gasteiger partial charge in [0.15, 0.2) is 0 Å². The van der Waals surface area contributed by atoms with Crippen LogP contribution in [0.2, 0.25) is 10.0 Å². The van der Waals surface area contributed by atoms with Crippen LogP contribution in [0.3, 0.4) is 0 Å². The van der Waals surface area contributed by atoms with Crippen LogP contribution in [-0.2, 0) is 14.8 Å². The normalized spacial score (nSPS) is 23.7. The van der Waals surface area contributed by atoms with E-state index in [1.165, 1.54) is 10.6 Å². The molecule has 1 aliphatic carbocycles. The lowest BCUT2D eigenvalue weighted by molar-refractivity contribution is -0.154. The molecule has 1 saturated carbocycles. The van der Waals surface area contributed by atoms with Gasteiger partial charge in [0.1, 0.15) is 5.82 Å². The number of amides is 1. The van der Waals surface area contributed by atoms with Gasteiger partial charge in [-0.3, -0.25) is 9.10 Å². The van der Waals surface area contributed by atoms with Crippen LogP contribution in [0.1, 0.15) is 55.7 Å². The van der Waals surface area contributed by atoms with Gasteiger partial charge in [-0.2, -0.15) is 0 Å². The van der Waals surface area contributed by atoms with E-state index in [1.807, 2.05) is 54.3 Å². The third-order valence-electron chi connectivity index (χ3n) is 8.37. The number of hydrogen-bond donors (Lipinski definition) is 0. The van der Waals surface area contributed by atoms with Crippen molar-refractivity contribution in [1.82, 2.24) is 9.88 Å². The topological polar surface area (TPSA) is 70.6 Å². The van der Waals surface area contributed by atoms with E-state index < -0.39 is 15.4 Å². The van der Waals surface area contributed by atoms with Crippen molar-refractivity contribution in [3.63, 3.8) is 0 Å². The molecule has 0 radical (unpaired) electrons. The fraction of sp³-hybridized carbons (Fsp3) is 0.375. The minimum absolute atomic E-state index is 0.00185. The van der Waals surface area contributed by atoms with E-state index in [-0.39, 0.29) is 36.4 Å². The zero-order chi connectivity index (χ0) is 29.4. The lowest BCUT2D eigenvalue weighted by Crippen LogP contribution is -2.59. The summed E-state index contributed by atoms with van der Waals surface area (Å²) in [7, 11) is -3.69. The van der Waals surface area contributed by atoms with E-state index in [9.17, 15) is 13.2 Å². The molecule has 2 fully saturated rings. The summed E-state index contributed by atoms with van der Waals surface area (Å²) in [5.41, 5.74) is 1.25. The molecule has 9 heteroatoms. The highest BCUT2D eigenvalue weighted by Gasteiger charge is 2.54. The van der Waals surface area contributed by atoms with Gasteiger partial charge in [-0.25, -0.2) is 13.4 Å². The zero-order valence-electron chi connectivity index (χ0n) is 23.3. The Labute approximate surface area is 253 Å². The first-order valence-corrected chi connectivity index (χ1v) is 16.5. The van der Waals surface area contributed by atoms with Gasteiger partial charge in [-0.15, -0.1) is 6.58 Å². The monoisotopic (exact) mass is 611 g/mol. The number of hydrogen-bond acceptors (Lipinski definition) is 4. The number of carbonyl (C=O) groups is 1. The molecule has 2 aromatic carbocycles. The van der Waals surface area contributed by atoms with Gasteiger partial charge in [0.25, 0.3) is 0 Å². The smallest absolute Gasteiger partial charge is 0.233 e. The zero-order valence-corrected chi connectivity index (χ0v) is 25.6. The van der Waals surface area contributed by atoms with Crippen molar-refractivity contribution in [3.05, 3.63) is 107 Å². The molecular weight excluding hydrogens is 577 g/mol. The summed E-state index contributed by atoms with van der Waals surface area (Å²) in [6, 6.07) is 19.9. The second-order valence-corrected chi connectivity index (χ2v) is 14.3. The van der Waals surface area contributed by atoms with Crippen molar-refractivity contribution >= 4 is 45.0 Å². The maximum absolute atomic E-state index is 14.7. The van der Waals surface area contributed by atoms with Gasteiger partial charge < -0.3 is 4.90 Å². The molecule has 41 heavy (non-hydrogen) atoms. The Bertz CT molecular complexity index is 1510. The van der Waals surface area contributed by atoms with E-state index in [0.717, 1.165) is 24.0 Å². The average Bonchev–Trinajstić information content (AvgIpc) is 3.77. The third-order valence-corrected chi connectivity index (χ3v) is 9.99. The summed E-state index contributed by atoms with van der Waals surface area (Å²) < 4.78 is 27.7. The van der Waals surface area contributed by atoms with Gasteiger partial charge in [0.05, 0.1) is 30.3 Å². The predicted molar refractivity (Wildman–Crippen MR) is 166 cm³/mol. The maximum atomic E-state index is 14.7. The van der Waals surface area contributed by atoms with E-state index >= 15 is 0 Å². The van der Waals surface area contributed by atoms with Crippen molar-refractivity contribution in [1.29, 1.82) is 0 Å². The van der Waals surface area contributed by atoms with Crippen molar-refractivity contribution < 1.29 is 13.2 Å². The van der Waals surface area contributed by atoms with E-state index in [4.69, 9.17) is 23.2 Å². The standard InChI is InChI=1S/C32H35Cl2N3O3S/c1-4-17-32(2)20-27(24-8-7-9-26(34)19-24)30(23-13-15-25(33)16-14-23)37(31(32)38)28(22-11-12-22)21-36(41(3,39)40)29-10-5-6-18-35-29/h4-10,13-16,18-19,22,27-28,30H,1,11-12,17,20-21H2,2-3H3/t27?,28?,30?,32-/m0/s1. The Morgan fingerprint density at radius 2 is 1.80 bits per heavy atom. The van der Waals surface area contributed by atoms with E-state index in [0.29, 0.717) is 28.7 Å². The van der Waals surface area contributed by atoms with Crippen LogP contribution < -0.4 is 4.31 Å². The number of piperidine rings is 1. The Balaban J connectivity index is 1.69. The number of halogens is 2. The Morgan fingerprint density at radius 3 is 2.39 bits per heavy atom. The maximum Gasteiger partial charge on any atom is 0.233 e. The Hall–Kier alpha value is -2.87. The first-order valence-electron chi connectivity index (χ1n) is 13.8. The number of allylic oxidation sites excluding steroid dienone is 1. The van der Waals surface area contributed by atoms with Crippen LogP contribution in [0.25, 0.3) is 0 Å². The second-order valence-electron chi connectivity index (χ2n) is 11.5. The van der Waals surface area contributed by atoms with Crippen LogP contribution in [-0.4, -0.2) is 43.1 Å². The molecule has 2 aliphatic rings. The van der Waals surface area contributed by atoms with Gasteiger partial charge in [0.2, 0.25) is 15.9 Å². The molecule has 4 atom stereocenters. The fourth-order valence-corrected chi connectivity index (χ4v) is 7.46. The van der Waals surface area contributed by atoms with Crippen molar-refractivity contribution in [2.45, 2.75) is 50.6 Å². The molecular formula is C32H35Cl2N3O3S. The van der Waals surface area contributed by atoms with E-state index in [1.54, 1.807) is 30.5 Å². The number of carbonyl (C=O) groups excluding carboxylic acids is 1.